The lowest BCUT2D eigenvalue weighted by Gasteiger charge is -2.35. The Hall–Kier alpha value is -1.32. The number of hydrogen-bond acceptors (Lipinski definition) is 7. The first kappa shape index (κ1) is 29.2. The van der Waals surface area contributed by atoms with Gasteiger partial charge in [-0.05, 0) is 45.1 Å². The summed E-state index contributed by atoms with van der Waals surface area (Å²) < 4.78 is 6.06. The highest BCUT2D eigenvalue weighted by Gasteiger charge is 2.52. The highest BCUT2D eigenvalue weighted by Crippen LogP contribution is 2.45. The number of aromatic nitrogens is 1. The van der Waals surface area contributed by atoms with Crippen LogP contribution in [0.1, 0.15) is 83.8 Å². The van der Waals surface area contributed by atoms with Crippen molar-refractivity contribution in [2.45, 2.75) is 110 Å². The Bertz CT molecular complexity index is 979. The third-order valence-corrected chi connectivity index (χ3v) is 9.19. The minimum atomic E-state index is -1.21. The van der Waals surface area contributed by atoms with Crippen molar-refractivity contribution in [2.24, 2.45) is 17.3 Å². The fourth-order valence-corrected chi connectivity index (χ4v) is 6.03. The number of Topliss-reactive ketones (excluding diaryl/α,β-unsaturated/α-hetero) is 1. The lowest BCUT2D eigenvalue weighted by atomic mass is 9.71. The first-order valence-electron chi connectivity index (χ1n) is 12.9. The number of carbonyl (C=O) groups is 2. The van der Waals surface area contributed by atoms with Gasteiger partial charge in [0.25, 0.3) is 0 Å². The number of carbonyl (C=O) groups excluding carboxylic acids is 2. The summed E-state index contributed by atoms with van der Waals surface area (Å²) in [7, 11) is 0. The molecule has 0 aromatic carbocycles. The SMILES string of the molecule is CC[C@H]1C(=O)C(C)(C)[C@@H](O)CC(=O)NC(C(Cl)=Cc2csc(C)n2)C[C@@H]2OC2(C)CCC[C@H](C)[C@@H]1O. The largest absolute Gasteiger partial charge is 0.392 e. The van der Waals surface area contributed by atoms with E-state index in [-0.39, 0.29) is 29.8 Å². The van der Waals surface area contributed by atoms with Crippen molar-refractivity contribution in [2.75, 3.05) is 0 Å². The normalized spacial score (nSPS) is 36.8. The summed E-state index contributed by atoms with van der Waals surface area (Å²) in [5.41, 5.74) is -0.782. The van der Waals surface area contributed by atoms with Gasteiger partial charge < -0.3 is 20.3 Å². The summed E-state index contributed by atoms with van der Waals surface area (Å²) in [5, 5.41) is 28.2. The number of ketones is 1. The number of nitrogens with zero attached hydrogens (tertiary/aromatic N) is 1. The van der Waals surface area contributed by atoms with Crippen molar-refractivity contribution in [3.63, 3.8) is 0 Å². The Labute approximate surface area is 223 Å². The van der Waals surface area contributed by atoms with E-state index in [9.17, 15) is 19.8 Å². The molecule has 0 spiro atoms. The summed E-state index contributed by atoms with van der Waals surface area (Å²) in [4.78, 5) is 30.9. The van der Waals surface area contributed by atoms with E-state index in [1.807, 2.05) is 26.2 Å². The molecule has 1 amide bonds. The van der Waals surface area contributed by atoms with Crippen molar-refractivity contribution in [3.8, 4) is 0 Å². The number of amides is 1. The number of hydrogen-bond donors (Lipinski definition) is 3. The number of fused-ring (bicyclic) bond motifs is 1. The second kappa shape index (κ2) is 11.6. The van der Waals surface area contributed by atoms with Crippen LogP contribution in [-0.2, 0) is 14.3 Å². The lowest BCUT2D eigenvalue weighted by Crippen LogP contribution is -2.48. The van der Waals surface area contributed by atoms with E-state index in [4.69, 9.17) is 16.3 Å². The Morgan fingerprint density at radius 2 is 2.03 bits per heavy atom. The molecule has 202 valence electrons. The maximum Gasteiger partial charge on any atom is 0.223 e. The summed E-state index contributed by atoms with van der Waals surface area (Å²) in [6, 6.07) is -0.504. The Kier molecular flexibility index (Phi) is 9.42. The molecule has 1 aromatic heterocycles. The molecule has 3 N–H and O–H groups in total. The molecule has 3 heterocycles. The van der Waals surface area contributed by atoms with Crippen LogP contribution in [0.4, 0.5) is 0 Å². The van der Waals surface area contributed by atoms with E-state index in [1.165, 1.54) is 11.3 Å². The highest BCUT2D eigenvalue weighted by atomic mass is 35.5. The number of nitrogens with one attached hydrogen (secondary N) is 1. The number of thiazole rings is 1. The number of aliphatic hydroxyl groups is 2. The van der Waals surface area contributed by atoms with Gasteiger partial charge in [0, 0.05) is 22.8 Å². The standard InChI is InChI=1S/C27H41ClN2O5S/c1-7-18-24(33)15(2)9-8-10-27(6)22(35-27)12-20(19(28)11-17-14-36-16(3)29-17)30-23(32)13-21(31)26(4,5)25(18)34/h11,14-15,18,20-22,24,31,33H,7-10,12-13H2,1-6H3,(H,30,32)/t15-,18+,20?,21-,22-,24-,27?/m0/s1. The van der Waals surface area contributed by atoms with Crippen molar-refractivity contribution in [1.29, 1.82) is 0 Å². The second-order valence-electron chi connectivity index (χ2n) is 11.3. The summed E-state index contributed by atoms with van der Waals surface area (Å²) >= 11 is 8.22. The van der Waals surface area contributed by atoms with E-state index in [1.54, 1.807) is 19.9 Å². The van der Waals surface area contributed by atoms with E-state index >= 15 is 0 Å². The Morgan fingerprint density at radius 3 is 2.64 bits per heavy atom. The molecule has 0 bridgehead atoms. The van der Waals surface area contributed by atoms with Crippen LogP contribution in [-0.4, -0.2) is 56.8 Å². The number of aliphatic hydroxyl groups excluding tert-OH is 2. The molecule has 2 fully saturated rings. The summed E-state index contributed by atoms with van der Waals surface area (Å²) in [5.74, 6) is -1.29. The third kappa shape index (κ3) is 6.76. The van der Waals surface area contributed by atoms with Crippen molar-refractivity contribution < 1.29 is 24.5 Å². The minimum absolute atomic E-state index is 0.0680. The molecule has 36 heavy (non-hydrogen) atoms. The van der Waals surface area contributed by atoms with Crippen LogP contribution in [0.15, 0.2) is 10.4 Å². The smallest absolute Gasteiger partial charge is 0.223 e. The van der Waals surface area contributed by atoms with Gasteiger partial charge in [0.15, 0.2) is 0 Å². The van der Waals surface area contributed by atoms with E-state index < -0.39 is 35.5 Å². The summed E-state index contributed by atoms with van der Waals surface area (Å²) in [6.07, 6.45) is 2.82. The first-order valence-corrected chi connectivity index (χ1v) is 14.2. The van der Waals surface area contributed by atoms with Crippen LogP contribution in [0.2, 0.25) is 0 Å². The minimum Gasteiger partial charge on any atom is -0.392 e. The van der Waals surface area contributed by atoms with Gasteiger partial charge in [0.05, 0.1) is 52.5 Å². The number of aryl methyl sites for hydroxylation is 1. The number of halogens is 1. The zero-order valence-electron chi connectivity index (χ0n) is 22.2. The topological polar surface area (TPSA) is 112 Å². The van der Waals surface area contributed by atoms with Crippen LogP contribution in [0.5, 0.6) is 0 Å². The van der Waals surface area contributed by atoms with Gasteiger partial charge in [-0.15, -0.1) is 11.3 Å². The van der Waals surface area contributed by atoms with Gasteiger partial charge in [0.1, 0.15) is 5.78 Å². The van der Waals surface area contributed by atoms with Gasteiger partial charge in [0.2, 0.25) is 5.91 Å². The molecule has 2 saturated heterocycles. The van der Waals surface area contributed by atoms with Crippen LogP contribution >= 0.6 is 22.9 Å². The highest BCUT2D eigenvalue weighted by molar-refractivity contribution is 7.09. The van der Waals surface area contributed by atoms with Crippen LogP contribution in [0, 0.1) is 24.2 Å². The molecule has 7 atom stereocenters. The third-order valence-electron chi connectivity index (χ3n) is 8.03. The van der Waals surface area contributed by atoms with Crippen LogP contribution in [0.3, 0.4) is 0 Å². The van der Waals surface area contributed by atoms with Gasteiger partial charge in [-0.2, -0.15) is 0 Å². The quantitative estimate of drug-likeness (QED) is 0.482. The van der Waals surface area contributed by atoms with Crippen LogP contribution in [0.25, 0.3) is 6.08 Å². The molecule has 3 rings (SSSR count). The lowest BCUT2D eigenvalue weighted by molar-refractivity contribution is -0.144. The molecule has 9 heteroatoms. The summed E-state index contributed by atoms with van der Waals surface area (Å²) in [6.45, 7) is 11.1. The second-order valence-corrected chi connectivity index (χ2v) is 12.8. The fourth-order valence-electron chi connectivity index (χ4n) is 5.20. The zero-order valence-corrected chi connectivity index (χ0v) is 23.8. The number of rotatable bonds is 3. The molecule has 2 aliphatic rings. The maximum atomic E-state index is 13.4. The number of epoxide rings is 1. The van der Waals surface area contributed by atoms with Crippen LogP contribution < -0.4 is 5.32 Å². The van der Waals surface area contributed by atoms with Crippen molar-refractivity contribution in [3.05, 3.63) is 21.1 Å². The molecular weight excluding hydrogens is 500 g/mol. The first-order chi connectivity index (χ1) is 16.8. The average Bonchev–Trinajstić information content (AvgIpc) is 3.24. The van der Waals surface area contributed by atoms with Gasteiger partial charge in [-0.3, -0.25) is 9.59 Å². The monoisotopic (exact) mass is 540 g/mol. The molecule has 0 saturated carbocycles. The van der Waals surface area contributed by atoms with E-state index in [0.717, 1.165) is 30.0 Å². The van der Waals surface area contributed by atoms with E-state index in [0.29, 0.717) is 17.9 Å². The predicted molar refractivity (Wildman–Crippen MR) is 143 cm³/mol. The Morgan fingerprint density at radius 1 is 1.33 bits per heavy atom. The molecule has 1 aromatic rings. The van der Waals surface area contributed by atoms with Gasteiger partial charge >= 0.3 is 0 Å². The Balaban J connectivity index is 1.87. The maximum absolute atomic E-state index is 13.4. The number of ether oxygens (including phenoxy) is 1. The van der Waals surface area contributed by atoms with Gasteiger partial charge in [-0.1, -0.05) is 45.7 Å². The average molecular weight is 541 g/mol. The molecule has 2 aliphatic heterocycles. The van der Waals surface area contributed by atoms with Crippen molar-refractivity contribution in [1.82, 2.24) is 10.3 Å². The van der Waals surface area contributed by atoms with E-state index in [2.05, 4.69) is 17.2 Å². The van der Waals surface area contributed by atoms with Crippen molar-refractivity contribution >= 4 is 40.7 Å². The van der Waals surface area contributed by atoms with Gasteiger partial charge in [-0.25, -0.2) is 4.98 Å². The molecule has 7 nitrogen and oxygen atoms in total. The fraction of sp³-hybridized carbons (Fsp3) is 0.741. The molecule has 2 unspecified atom stereocenters. The molecule has 0 radical (unpaired) electrons. The zero-order chi connectivity index (χ0) is 26.8. The predicted octanol–water partition coefficient (Wildman–Crippen LogP) is 4.62. The molecule has 0 aliphatic carbocycles. The molecular formula is C27H41ClN2O5S.